The fraction of sp³-hybridized carbons (Fsp3) is 0.333. The van der Waals surface area contributed by atoms with Gasteiger partial charge in [0.05, 0.1) is 35.4 Å². The van der Waals surface area contributed by atoms with Gasteiger partial charge in [0.15, 0.2) is 0 Å². The molecule has 4 aromatic rings. The van der Waals surface area contributed by atoms with E-state index in [0.29, 0.717) is 30.2 Å². The number of hydrogen-bond acceptors (Lipinski definition) is 6. The van der Waals surface area contributed by atoms with Crippen LogP contribution in [0, 0.1) is 12.7 Å². The van der Waals surface area contributed by atoms with E-state index in [1.54, 1.807) is 43.0 Å². The zero-order valence-corrected chi connectivity index (χ0v) is 20.0. The second-order valence-corrected chi connectivity index (χ2v) is 9.09. The largest absolute Gasteiger partial charge is 0.367 e. The summed E-state index contributed by atoms with van der Waals surface area (Å²) in [6.07, 6.45) is 3.44. The Morgan fingerprint density at radius 3 is 2.68 bits per heavy atom. The van der Waals surface area contributed by atoms with E-state index in [0.717, 1.165) is 5.56 Å². The maximum atomic E-state index is 15.0. The molecule has 1 aliphatic rings. The van der Waals surface area contributed by atoms with Crippen LogP contribution in [-0.2, 0) is 18.8 Å². The van der Waals surface area contributed by atoms with E-state index in [-0.39, 0.29) is 39.4 Å². The molecule has 0 amide bonds. The van der Waals surface area contributed by atoms with E-state index in [1.807, 2.05) is 20.2 Å². The third-order valence-electron chi connectivity index (χ3n) is 6.14. The summed E-state index contributed by atoms with van der Waals surface area (Å²) in [5.41, 5.74) is 1.59. The smallest absolute Gasteiger partial charge is 0.263 e. The highest BCUT2D eigenvalue weighted by Crippen LogP contribution is 2.33. The van der Waals surface area contributed by atoms with Gasteiger partial charge in [-0.1, -0.05) is 11.6 Å². The Morgan fingerprint density at radius 1 is 1.18 bits per heavy atom. The van der Waals surface area contributed by atoms with Gasteiger partial charge >= 0.3 is 0 Å². The number of hydrogen-bond donors (Lipinski definition) is 0. The quantitative estimate of drug-likeness (QED) is 0.442. The Hall–Kier alpha value is -3.30. The first-order chi connectivity index (χ1) is 16.2. The number of pyridine rings is 1. The number of fused-ring (bicyclic) bond motifs is 1. The summed E-state index contributed by atoms with van der Waals surface area (Å²) in [7, 11) is 3.50. The zero-order chi connectivity index (χ0) is 24.1. The van der Waals surface area contributed by atoms with Crippen molar-refractivity contribution >= 4 is 28.3 Å². The van der Waals surface area contributed by atoms with E-state index in [2.05, 4.69) is 15.0 Å². The van der Waals surface area contributed by atoms with Crippen LogP contribution in [0.3, 0.4) is 0 Å². The molecule has 2 unspecified atom stereocenters. The molecule has 34 heavy (non-hydrogen) atoms. The van der Waals surface area contributed by atoms with Crippen LogP contribution in [0.4, 0.5) is 10.2 Å². The van der Waals surface area contributed by atoms with E-state index in [9.17, 15) is 4.79 Å². The summed E-state index contributed by atoms with van der Waals surface area (Å²) >= 11 is 5.98. The van der Waals surface area contributed by atoms with Crippen molar-refractivity contribution in [1.29, 1.82) is 0 Å². The Labute approximate surface area is 200 Å². The molecule has 8 nitrogen and oxygen atoms in total. The molecular weight excluding hydrogens is 459 g/mol. The fourth-order valence-corrected chi connectivity index (χ4v) is 4.51. The van der Waals surface area contributed by atoms with Crippen LogP contribution in [0.5, 0.6) is 0 Å². The van der Waals surface area contributed by atoms with Gasteiger partial charge in [-0.3, -0.25) is 14.0 Å². The van der Waals surface area contributed by atoms with Crippen LogP contribution in [0.15, 0.2) is 41.5 Å². The molecule has 0 N–H and O–H groups in total. The van der Waals surface area contributed by atoms with Crippen LogP contribution in [0.25, 0.3) is 22.2 Å². The molecule has 3 aromatic heterocycles. The number of nitrogens with zero attached hydrogens (tertiary/aromatic N) is 6. The van der Waals surface area contributed by atoms with Crippen molar-refractivity contribution in [2.45, 2.75) is 26.1 Å². The Bertz CT molecular complexity index is 1470. The van der Waals surface area contributed by atoms with Crippen molar-refractivity contribution in [3.63, 3.8) is 0 Å². The van der Waals surface area contributed by atoms with Gasteiger partial charge in [-0.2, -0.15) is 5.10 Å². The van der Waals surface area contributed by atoms with E-state index in [1.165, 1.54) is 10.6 Å². The molecule has 176 valence electrons. The lowest BCUT2D eigenvalue weighted by Crippen LogP contribution is -2.43. The summed E-state index contributed by atoms with van der Waals surface area (Å²) < 4.78 is 24.3. The first kappa shape index (κ1) is 22.5. The van der Waals surface area contributed by atoms with Crippen LogP contribution in [0.2, 0.25) is 5.02 Å². The number of rotatable bonds is 3. The molecule has 10 heteroatoms. The lowest BCUT2D eigenvalue weighted by atomic mass is 10.1. The van der Waals surface area contributed by atoms with Crippen molar-refractivity contribution < 1.29 is 9.13 Å². The molecule has 2 atom stereocenters. The number of aromatic nitrogens is 5. The standard InChI is InChI=1S/C24H24ClFN6O2/c1-13-10-32(12-20(34-13)15-9-27-30(3)11-15)21-8-19-22(24(33)31(4)14(2)28-19)23(29-21)17-6-5-16(25)7-18(17)26/h5-9,11,13,20H,10,12H2,1-4H3. The minimum absolute atomic E-state index is 0.0782. The van der Waals surface area contributed by atoms with Crippen LogP contribution in [0.1, 0.15) is 24.4 Å². The molecule has 1 aliphatic heterocycles. The van der Waals surface area contributed by atoms with Gasteiger partial charge in [-0.25, -0.2) is 14.4 Å². The van der Waals surface area contributed by atoms with Gasteiger partial charge in [0.2, 0.25) is 0 Å². The SMILES string of the molecule is Cc1nc2cc(N3CC(C)OC(c4cnn(C)c4)C3)nc(-c3ccc(Cl)cc3F)c2c(=O)n1C. The first-order valence-corrected chi connectivity index (χ1v) is 11.3. The molecule has 1 fully saturated rings. The highest BCUT2D eigenvalue weighted by atomic mass is 35.5. The zero-order valence-electron chi connectivity index (χ0n) is 19.3. The Balaban J connectivity index is 1.69. The number of benzene rings is 1. The monoisotopic (exact) mass is 482 g/mol. The van der Waals surface area contributed by atoms with Gasteiger partial charge in [0.25, 0.3) is 5.56 Å². The normalized spacial score (nSPS) is 18.6. The summed E-state index contributed by atoms with van der Waals surface area (Å²) in [6.45, 7) is 4.87. The summed E-state index contributed by atoms with van der Waals surface area (Å²) in [6, 6.07) is 6.14. The minimum atomic E-state index is -0.551. The van der Waals surface area contributed by atoms with Gasteiger partial charge in [-0.15, -0.1) is 0 Å². The van der Waals surface area contributed by atoms with Crippen molar-refractivity contribution in [2.24, 2.45) is 14.1 Å². The van der Waals surface area contributed by atoms with Crippen molar-refractivity contribution in [2.75, 3.05) is 18.0 Å². The maximum Gasteiger partial charge on any atom is 0.263 e. The lowest BCUT2D eigenvalue weighted by Gasteiger charge is -2.37. The average Bonchev–Trinajstić information content (AvgIpc) is 3.23. The van der Waals surface area contributed by atoms with Crippen molar-refractivity contribution in [3.8, 4) is 11.3 Å². The highest BCUT2D eigenvalue weighted by molar-refractivity contribution is 6.30. The number of morpholine rings is 1. The van der Waals surface area contributed by atoms with E-state index < -0.39 is 5.82 Å². The van der Waals surface area contributed by atoms with Gasteiger partial charge < -0.3 is 9.64 Å². The van der Waals surface area contributed by atoms with Gasteiger partial charge in [0, 0.05) is 49.1 Å². The number of halogens is 2. The van der Waals surface area contributed by atoms with E-state index in [4.69, 9.17) is 21.3 Å². The Morgan fingerprint density at radius 2 is 1.97 bits per heavy atom. The lowest BCUT2D eigenvalue weighted by molar-refractivity contribution is -0.0176. The summed E-state index contributed by atoms with van der Waals surface area (Å²) in [5, 5.41) is 4.79. The molecule has 1 saturated heterocycles. The predicted octanol–water partition coefficient (Wildman–Crippen LogP) is 3.80. The molecule has 0 radical (unpaired) electrons. The summed E-state index contributed by atoms with van der Waals surface area (Å²) in [5.74, 6) is 0.603. The van der Waals surface area contributed by atoms with Gasteiger partial charge in [-0.05, 0) is 32.0 Å². The molecule has 4 heterocycles. The second-order valence-electron chi connectivity index (χ2n) is 8.66. The molecule has 0 bridgehead atoms. The highest BCUT2D eigenvalue weighted by Gasteiger charge is 2.29. The predicted molar refractivity (Wildman–Crippen MR) is 129 cm³/mol. The molecule has 5 rings (SSSR count). The molecule has 1 aromatic carbocycles. The minimum Gasteiger partial charge on any atom is -0.367 e. The third-order valence-corrected chi connectivity index (χ3v) is 6.37. The van der Waals surface area contributed by atoms with Crippen molar-refractivity contribution in [1.82, 2.24) is 24.3 Å². The molecule has 0 saturated carbocycles. The van der Waals surface area contributed by atoms with Crippen molar-refractivity contribution in [3.05, 3.63) is 69.2 Å². The average molecular weight is 483 g/mol. The topological polar surface area (TPSA) is 78.1 Å². The van der Waals surface area contributed by atoms with Crippen LogP contribution in [-0.4, -0.2) is 43.5 Å². The van der Waals surface area contributed by atoms with Crippen LogP contribution >= 0.6 is 11.6 Å². The van der Waals surface area contributed by atoms with E-state index >= 15 is 4.39 Å². The third kappa shape index (κ3) is 3.95. The number of anilines is 1. The number of aryl methyl sites for hydroxylation is 2. The molecule has 0 spiro atoms. The van der Waals surface area contributed by atoms with Crippen LogP contribution < -0.4 is 10.5 Å². The maximum absolute atomic E-state index is 15.0. The Kier molecular flexibility index (Phi) is 5.61. The molecule has 0 aliphatic carbocycles. The fourth-order valence-electron chi connectivity index (χ4n) is 4.35. The van der Waals surface area contributed by atoms with Gasteiger partial charge in [0.1, 0.15) is 23.6 Å². The second kappa shape index (κ2) is 8.48. The first-order valence-electron chi connectivity index (χ1n) is 10.9. The number of ether oxygens (including phenoxy) is 1. The molecular formula is C24H24ClFN6O2. The summed E-state index contributed by atoms with van der Waals surface area (Å²) in [4.78, 5) is 24.7.